The molecule has 14 heavy (non-hydrogen) atoms. The average molecular weight is 188 g/mol. The van der Waals surface area contributed by atoms with E-state index in [1.807, 2.05) is 26.0 Å². The summed E-state index contributed by atoms with van der Waals surface area (Å²) < 4.78 is 0. The van der Waals surface area contributed by atoms with Crippen molar-refractivity contribution in [2.75, 3.05) is 5.73 Å². The van der Waals surface area contributed by atoms with Gasteiger partial charge in [-0.1, -0.05) is 0 Å². The van der Waals surface area contributed by atoms with E-state index in [0.717, 1.165) is 22.0 Å². The molecule has 1 aromatic heterocycles. The smallest absolute Gasteiger partial charge is 0.248 e. The van der Waals surface area contributed by atoms with Crippen molar-refractivity contribution in [1.29, 1.82) is 0 Å². The Hall–Kier alpha value is -1.77. The molecular weight excluding hydrogens is 176 g/mol. The molecule has 0 radical (unpaired) electrons. The lowest BCUT2D eigenvalue weighted by Gasteiger charge is -2.06. The molecule has 0 amide bonds. The van der Waals surface area contributed by atoms with E-state index < -0.39 is 0 Å². The first kappa shape index (κ1) is 8.81. The predicted octanol–water partition coefficient (Wildman–Crippen LogP) is 1.73. The summed E-state index contributed by atoms with van der Waals surface area (Å²) in [6.45, 7) is 3.85. The molecule has 0 spiro atoms. The Morgan fingerprint density at radius 3 is 2.64 bits per heavy atom. The third-order valence-electron chi connectivity index (χ3n) is 2.31. The van der Waals surface area contributed by atoms with Crippen LogP contribution in [0.3, 0.4) is 0 Å². The number of hydrogen-bond acceptors (Lipinski definition) is 2. The van der Waals surface area contributed by atoms with Gasteiger partial charge in [0, 0.05) is 17.1 Å². The lowest BCUT2D eigenvalue weighted by atomic mass is 10.1. The van der Waals surface area contributed by atoms with Crippen molar-refractivity contribution < 1.29 is 0 Å². The van der Waals surface area contributed by atoms with E-state index >= 15 is 0 Å². The summed E-state index contributed by atoms with van der Waals surface area (Å²) in [4.78, 5) is 14.0. The van der Waals surface area contributed by atoms with Gasteiger partial charge in [-0.3, -0.25) is 4.79 Å². The molecule has 1 heterocycles. The van der Waals surface area contributed by atoms with Gasteiger partial charge >= 0.3 is 0 Å². The normalized spacial score (nSPS) is 10.7. The van der Waals surface area contributed by atoms with Crippen LogP contribution in [0.5, 0.6) is 0 Å². The summed E-state index contributed by atoms with van der Waals surface area (Å²) in [5.41, 5.74) is 9.30. The predicted molar refractivity (Wildman–Crippen MR) is 58.5 cm³/mol. The lowest BCUT2D eigenvalue weighted by molar-refractivity contribution is 1.27. The van der Waals surface area contributed by atoms with Crippen LogP contribution in [-0.2, 0) is 0 Å². The number of anilines is 1. The maximum absolute atomic E-state index is 11.2. The Bertz CT molecular complexity index is 555. The van der Waals surface area contributed by atoms with Gasteiger partial charge in [-0.15, -0.1) is 0 Å². The first-order chi connectivity index (χ1) is 6.58. The molecule has 0 fully saturated rings. The number of nitrogens with two attached hydrogens (primary N) is 1. The van der Waals surface area contributed by atoms with E-state index in [1.54, 1.807) is 6.07 Å². The van der Waals surface area contributed by atoms with Crippen LogP contribution in [0, 0.1) is 13.8 Å². The minimum absolute atomic E-state index is 0.0833. The molecule has 0 saturated heterocycles. The molecule has 3 N–H and O–H groups in total. The van der Waals surface area contributed by atoms with E-state index in [-0.39, 0.29) is 5.56 Å². The number of nitrogens with one attached hydrogen (secondary N) is 1. The molecule has 0 aliphatic carbocycles. The second-order valence-electron chi connectivity index (χ2n) is 3.59. The van der Waals surface area contributed by atoms with Crippen molar-refractivity contribution in [3.63, 3.8) is 0 Å². The van der Waals surface area contributed by atoms with Crippen molar-refractivity contribution in [2.24, 2.45) is 0 Å². The van der Waals surface area contributed by atoms with Crippen molar-refractivity contribution in [3.05, 3.63) is 39.7 Å². The molecule has 2 aromatic rings. The summed E-state index contributed by atoms with van der Waals surface area (Å²) in [6.07, 6.45) is 0. The Morgan fingerprint density at radius 2 is 1.93 bits per heavy atom. The zero-order chi connectivity index (χ0) is 10.3. The van der Waals surface area contributed by atoms with Gasteiger partial charge < -0.3 is 10.7 Å². The van der Waals surface area contributed by atoms with Crippen LogP contribution in [-0.4, -0.2) is 4.98 Å². The first-order valence-corrected chi connectivity index (χ1v) is 4.47. The van der Waals surface area contributed by atoms with E-state index in [2.05, 4.69) is 4.98 Å². The van der Waals surface area contributed by atoms with Crippen LogP contribution in [0.15, 0.2) is 23.0 Å². The van der Waals surface area contributed by atoms with Crippen LogP contribution in [0.1, 0.15) is 11.1 Å². The number of H-pyrrole nitrogens is 1. The van der Waals surface area contributed by atoms with Crippen LogP contribution >= 0.6 is 0 Å². The largest absolute Gasteiger partial charge is 0.398 e. The third-order valence-corrected chi connectivity index (χ3v) is 2.31. The van der Waals surface area contributed by atoms with Gasteiger partial charge in [0.1, 0.15) is 0 Å². The van der Waals surface area contributed by atoms with Crippen molar-refractivity contribution >= 4 is 16.6 Å². The molecule has 0 atom stereocenters. The van der Waals surface area contributed by atoms with Gasteiger partial charge in [0.2, 0.25) is 5.56 Å². The second kappa shape index (κ2) is 2.87. The maximum Gasteiger partial charge on any atom is 0.248 e. The third kappa shape index (κ3) is 1.27. The minimum atomic E-state index is -0.0833. The Morgan fingerprint density at radius 1 is 1.21 bits per heavy atom. The highest BCUT2D eigenvalue weighted by Crippen LogP contribution is 2.23. The Kier molecular flexibility index (Phi) is 1.81. The number of nitrogen functional groups attached to an aromatic ring is 1. The molecule has 72 valence electrons. The topological polar surface area (TPSA) is 58.9 Å². The summed E-state index contributed by atoms with van der Waals surface area (Å²) in [5.74, 6) is 0. The van der Waals surface area contributed by atoms with E-state index in [9.17, 15) is 4.79 Å². The number of pyridine rings is 1. The minimum Gasteiger partial charge on any atom is -0.398 e. The fourth-order valence-corrected chi connectivity index (χ4v) is 1.79. The van der Waals surface area contributed by atoms with Gasteiger partial charge in [0.25, 0.3) is 0 Å². The highest BCUT2D eigenvalue weighted by atomic mass is 16.1. The quantitative estimate of drug-likeness (QED) is 0.618. The summed E-state index contributed by atoms with van der Waals surface area (Å²) in [7, 11) is 0. The zero-order valence-corrected chi connectivity index (χ0v) is 8.22. The number of aromatic nitrogens is 1. The molecule has 3 nitrogen and oxygen atoms in total. The summed E-state index contributed by atoms with van der Waals surface area (Å²) >= 11 is 0. The lowest BCUT2D eigenvalue weighted by Crippen LogP contribution is -2.06. The molecule has 0 unspecified atom stereocenters. The Labute approximate surface area is 81.6 Å². The molecule has 2 rings (SSSR count). The molecule has 0 aliphatic rings. The molecule has 3 heteroatoms. The molecule has 1 aromatic carbocycles. The fourth-order valence-electron chi connectivity index (χ4n) is 1.79. The SMILES string of the molecule is Cc1cc(N)c2c(C)cc(=O)[nH]c2c1. The van der Waals surface area contributed by atoms with Gasteiger partial charge in [0.05, 0.1) is 5.52 Å². The molecule has 0 aliphatic heterocycles. The number of aromatic amines is 1. The van der Waals surface area contributed by atoms with Crippen molar-refractivity contribution in [2.45, 2.75) is 13.8 Å². The van der Waals surface area contributed by atoms with E-state index in [1.165, 1.54) is 0 Å². The van der Waals surface area contributed by atoms with Gasteiger partial charge in [-0.2, -0.15) is 0 Å². The highest BCUT2D eigenvalue weighted by Gasteiger charge is 2.03. The van der Waals surface area contributed by atoms with Crippen LogP contribution in [0.2, 0.25) is 0 Å². The maximum atomic E-state index is 11.2. The molecular formula is C11H12N2O. The molecule has 0 saturated carbocycles. The van der Waals surface area contributed by atoms with Gasteiger partial charge in [-0.05, 0) is 37.1 Å². The highest BCUT2D eigenvalue weighted by molar-refractivity contribution is 5.93. The second-order valence-corrected chi connectivity index (χ2v) is 3.59. The van der Waals surface area contributed by atoms with Crippen molar-refractivity contribution in [3.8, 4) is 0 Å². The molecule has 0 bridgehead atoms. The monoisotopic (exact) mass is 188 g/mol. The number of fused-ring (bicyclic) bond motifs is 1. The first-order valence-electron chi connectivity index (χ1n) is 4.47. The number of benzene rings is 1. The number of hydrogen-bond donors (Lipinski definition) is 2. The Balaban J connectivity index is 3.01. The summed E-state index contributed by atoms with van der Waals surface area (Å²) in [5, 5.41) is 0.940. The fraction of sp³-hybridized carbons (Fsp3) is 0.182. The van der Waals surface area contributed by atoms with Crippen LogP contribution < -0.4 is 11.3 Å². The van der Waals surface area contributed by atoms with Gasteiger partial charge in [0.15, 0.2) is 0 Å². The van der Waals surface area contributed by atoms with Crippen molar-refractivity contribution in [1.82, 2.24) is 4.98 Å². The number of aryl methyl sites for hydroxylation is 2. The van der Waals surface area contributed by atoms with E-state index in [0.29, 0.717) is 5.69 Å². The van der Waals surface area contributed by atoms with Crippen LogP contribution in [0.25, 0.3) is 10.9 Å². The standard InChI is InChI=1S/C11H12N2O/c1-6-3-8(12)11-7(2)5-10(14)13-9(11)4-6/h3-5H,12H2,1-2H3,(H,13,14). The van der Waals surface area contributed by atoms with Gasteiger partial charge in [-0.25, -0.2) is 0 Å². The zero-order valence-electron chi connectivity index (χ0n) is 8.22. The van der Waals surface area contributed by atoms with Crippen LogP contribution in [0.4, 0.5) is 5.69 Å². The number of rotatable bonds is 0. The van der Waals surface area contributed by atoms with E-state index in [4.69, 9.17) is 5.73 Å². The summed E-state index contributed by atoms with van der Waals surface area (Å²) in [6, 6.07) is 5.40. The average Bonchev–Trinajstić information content (AvgIpc) is 1.99.